The van der Waals surface area contributed by atoms with Gasteiger partial charge in [0, 0.05) is 11.6 Å². The molecule has 0 unspecified atom stereocenters. The van der Waals surface area contributed by atoms with Gasteiger partial charge in [-0.2, -0.15) is 0 Å². The normalized spacial score (nSPS) is 16.4. The molecule has 0 bridgehead atoms. The highest BCUT2D eigenvalue weighted by molar-refractivity contribution is 9.10. The average Bonchev–Trinajstić information content (AvgIpc) is 2.44. The second kappa shape index (κ2) is 6.57. The topological polar surface area (TPSA) is 30.5 Å². The van der Waals surface area contributed by atoms with Crippen LogP contribution in [0.2, 0.25) is 0 Å². The van der Waals surface area contributed by atoms with Crippen molar-refractivity contribution in [2.24, 2.45) is 5.92 Å². The molecular weight excluding hydrogens is 313 g/mol. The van der Waals surface area contributed by atoms with Crippen molar-refractivity contribution in [1.82, 2.24) is 5.32 Å². The van der Waals surface area contributed by atoms with Crippen molar-refractivity contribution in [3.05, 3.63) is 21.9 Å². The lowest BCUT2D eigenvalue weighted by molar-refractivity contribution is 0.333. The van der Waals surface area contributed by atoms with Gasteiger partial charge in [0.25, 0.3) is 0 Å². The first kappa shape index (κ1) is 14.6. The van der Waals surface area contributed by atoms with Gasteiger partial charge in [0.05, 0.1) is 18.7 Å². The Morgan fingerprint density at radius 2 is 2.00 bits per heavy atom. The van der Waals surface area contributed by atoms with E-state index in [4.69, 9.17) is 9.47 Å². The fraction of sp³-hybridized carbons (Fsp3) is 0.571. The third kappa shape index (κ3) is 3.20. The molecule has 1 aromatic rings. The van der Waals surface area contributed by atoms with E-state index >= 15 is 0 Å². The molecule has 1 N–H and O–H groups in total. The van der Waals surface area contributed by atoms with E-state index in [1.165, 1.54) is 0 Å². The molecule has 1 aromatic carbocycles. The highest BCUT2D eigenvalue weighted by Gasteiger charge is 2.23. The number of rotatable bonds is 4. The molecule has 0 radical (unpaired) electrons. The predicted molar refractivity (Wildman–Crippen MR) is 76.5 cm³/mol. The van der Waals surface area contributed by atoms with Gasteiger partial charge in [-0.05, 0) is 54.2 Å². The van der Waals surface area contributed by atoms with Crippen molar-refractivity contribution < 1.29 is 13.9 Å². The van der Waals surface area contributed by atoms with E-state index in [1.807, 2.05) is 0 Å². The Hall–Kier alpha value is -0.810. The fourth-order valence-electron chi connectivity index (χ4n) is 2.57. The largest absolute Gasteiger partial charge is 0.493 e. The number of benzene rings is 1. The molecule has 106 valence electrons. The molecule has 1 aliphatic heterocycles. The summed E-state index contributed by atoms with van der Waals surface area (Å²) < 4.78 is 25.4. The van der Waals surface area contributed by atoms with Gasteiger partial charge in [-0.15, -0.1) is 0 Å². The van der Waals surface area contributed by atoms with E-state index in [0.29, 0.717) is 33.9 Å². The third-order valence-electron chi connectivity index (χ3n) is 3.61. The summed E-state index contributed by atoms with van der Waals surface area (Å²) in [4.78, 5) is 0. The van der Waals surface area contributed by atoms with Gasteiger partial charge in [0.2, 0.25) is 0 Å². The van der Waals surface area contributed by atoms with Crippen molar-refractivity contribution in [1.29, 1.82) is 0 Å². The molecule has 0 saturated carbocycles. The van der Waals surface area contributed by atoms with Gasteiger partial charge in [0.15, 0.2) is 11.5 Å². The molecule has 0 atom stereocenters. The lowest BCUT2D eigenvalue weighted by Gasteiger charge is -2.24. The summed E-state index contributed by atoms with van der Waals surface area (Å²) in [5.74, 6) is 1.33. The molecule has 3 nitrogen and oxygen atoms in total. The monoisotopic (exact) mass is 331 g/mol. The van der Waals surface area contributed by atoms with Gasteiger partial charge < -0.3 is 14.8 Å². The minimum atomic E-state index is -0.240. The second-order valence-electron chi connectivity index (χ2n) is 4.78. The van der Waals surface area contributed by atoms with E-state index < -0.39 is 0 Å². The van der Waals surface area contributed by atoms with Crippen LogP contribution in [0.15, 0.2) is 10.5 Å². The van der Waals surface area contributed by atoms with Crippen LogP contribution >= 0.6 is 15.9 Å². The highest BCUT2D eigenvalue weighted by Crippen LogP contribution is 2.39. The third-order valence-corrected chi connectivity index (χ3v) is 4.18. The number of ether oxygens (including phenoxy) is 2. The maximum atomic E-state index is 14.3. The SMILES string of the molecule is COc1cc(Br)c(F)c(CC2CCNCC2)c1OC. The Labute approximate surface area is 121 Å². The van der Waals surface area contributed by atoms with Gasteiger partial charge in [-0.3, -0.25) is 0 Å². The lowest BCUT2D eigenvalue weighted by Crippen LogP contribution is -2.29. The summed E-state index contributed by atoms with van der Waals surface area (Å²) in [7, 11) is 3.12. The number of methoxy groups -OCH3 is 2. The number of nitrogens with one attached hydrogen (secondary N) is 1. The zero-order valence-corrected chi connectivity index (χ0v) is 12.8. The molecule has 2 rings (SSSR count). The lowest BCUT2D eigenvalue weighted by atomic mass is 9.90. The Bertz CT molecular complexity index is 448. The van der Waals surface area contributed by atoms with E-state index in [9.17, 15) is 4.39 Å². The standard InChI is InChI=1S/C14H19BrFNO2/c1-18-12-8-11(15)13(16)10(14(12)19-2)7-9-3-5-17-6-4-9/h8-9,17H,3-7H2,1-2H3. The van der Waals surface area contributed by atoms with Crippen molar-refractivity contribution in [2.75, 3.05) is 27.3 Å². The molecule has 0 spiro atoms. The quantitative estimate of drug-likeness (QED) is 0.919. The number of halogens is 2. The van der Waals surface area contributed by atoms with Crippen LogP contribution < -0.4 is 14.8 Å². The first-order valence-electron chi connectivity index (χ1n) is 6.47. The van der Waals surface area contributed by atoms with Gasteiger partial charge in [0.1, 0.15) is 5.82 Å². The molecule has 1 aliphatic rings. The summed E-state index contributed by atoms with van der Waals surface area (Å²) in [5.41, 5.74) is 0.612. The molecule has 0 aromatic heterocycles. The van der Waals surface area contributed by atoms with Gasteiger partial charge >= 0.3 is 0 Å². The average molecular weight is 332 g/mol. The Morgan fingerprint density at radius 1 is 1.32 bits per heavy atom. The predicted octanol–water partition coefficient (Wildman–Crippen LogP) is 3.15. The van der Waals surface area contributed by atoms with Crippen LogP contribution in [0.3, 0.4) is 0 Å². The Kier molecular flexibility index (Phi) is 5.05. The summed E-state index contributed by atoms with van der Waals surface area (Å²) in [5, 5.41) is 3.32. The number of hydrogen-bond acceptors (Lipinski definition) is 3. The van der Waals surface area contributed by atoms with E-state index in [2.05, 4.69) is 21.2 Å². The van der Waals surface area contributed by atoms with Crippen LogP contribution in [0, 0.1) is 11.7 Å². The zero-order valence-electron chi connectivity index (χ0n) is 11.3. The maximum Gasteiger partial charge on any atom is 0.166 e. The Morgan fingerprint density at radius 3 is 2.58 bits per heavy atom. The summed E-state index contributed by atoms with van der Waals surface area (Å²) >= 11 is 3.24. The van der Waals surface area contributed by atoms with Gasteiger partial charge in [-0.25, -0.2) is 4.39 Å². The highest BCUT2D eigenvalue weighted by atomic mass is 79.9. The van der Waals surface area contributed by atoms with Crippen molar-refractivity contribution in [2.45, 2.75) is 19.3 Å². The van der Waals surface area contributed by atoms with Crippen molar-refractivity contribution >= 4 is 15.9 Å². The van der Waals surface area contributed by atoms with Crippen LogP contribution in [0.25, 0.3) is 0 Å². The maximum absolute atomic E-state index is 14.3. The molecule has 19 heavy (non-hydrogen) atoms. The minimum Gasteiger partial charge on any atom is -0.493 e. The van der Waals surface area contributed by atoms with Crippen LogP contribution in [0.4, 0.5) is 4.39 Å². The molecule has 1 saturated heterocycles. The smallest absolute Gasteiger partial charge is 0.166 e. The minimum absolute atomic E-state index is 0.240. The Balaban J connectivity index is 2.33. The summed E-state index contributed by atoms with van der Waals surface area (Å²) in [6.45, 7) is 2.00. The molecule has 5 heteroatoms. The second-order valence-corrected chi connectivity index (χ2v) is 5.64. The number of piperidine rings is 1. The zero-order chi connectivity index (χ0) is 13.8. The molecule has 0 amide bonds. The van der Waals surface area contributed by atoms with Crippen LogP contribution in [0.5, 0.6) is 11.5 Å². The van der Waals surface area contributed by atoms with E-state index in [1.54, 1.807) is 20.3 Å². The molecule has 1 fully saturated rings. The van der Waals surface area contributed by atoms with Crippen LogP contribution in [-0.4, -0.2) is 27.3 Å². The van der Waals surface area contributed by atoms with Gasteiger partial charge in [-0.1, -0.05) is 0 Å². The van der Waals surface area contributed by atoms with Crippen LogP contribution in [-0.2, 0) is 6.42 Å². The molecule has 0 aliphatic carbocycles. The van der Waals surface area contributed by atoms with Crippen LogP contribution in [0.1, 0.15) is 18.4 Å². The summed E-state index contributed by atoms with van der Waals surface area (Å²) in [6.07, 6.45) is 2.82. The first-order chi connectivity index (χ1) is 9.17. The fourth-order valence-corrected chi connectivity index (χ4v) is 3.02. The number of hydrogen-bond donors (Lipinski definition) is 1. The van der Waals surface area contributed by atoms with E-state index in [0.717, 1.165) is 25.9 Å². The van der Waals surface area contributed by atoms with E-state index in [-0.39, 0.29) is 5.82 Å². The molecule has 1 heterocycles. The van der Waals surface area contributed by atoms with Crippen molar-refractivity contribution in [3.8, 4) is 11.5 Å². The first-order valence-corrected chi connectivity index (χ1v) is 7.26. The summed E-state index contributed by atoms with van der Waals surface area (Å²) in [6, 6.07) is 1.61. The van der Waals surface area contributed by atoms with Crippen molar-refractivity contribution in [3.63, 3.8) is 0 Å². The molecular formula is C14H19BrFNO2.